The van der Waals surface area contributed by atoms with Crippen molar-refractivity contribution in [1.82, 2.24) is 0 Å². The van der Waals surface area contributed by atoms with E-state index in [1.54, 1.807) is 6.21 Å². The van der Waals surface area contributed by atoms with Gasteiger partial charge in [0.25, 0.3) is 0 Å². The van der Waals surface area contributed by atoms with Crippen LogP contribution in [0.2, 0.25) is 0 Å². The minimum absolute atomic E-state index is 0.0780. The second-order valence-corrected chi connectivity index (χ2v) is 2.96. The van der Waals surface area contributed by atoms with Gasteiger partial charge >= 0.3 is 0 Å². The lowest BCUT2D eigenvalue weighted by molar-refractivity contribution is -0.114. The van der Waals surface area contributed by atoms with Gasteiger partial charge in [-0.2, -0.15) is 0 Å². The molecule has 4 heteroatoms. The van der Waals surface area contributed by atoms with Gasteiger partial charge in [-0.3, -0.25) is 4.79 Å². The Morgan fingerprint density at radius 3 is 2.67 bits per heavy atom. The van der Waals surface area contributed by atoms with Gasteiger partial charge in [0.05, 0.1) is 6.21 Å². The number of nitrogens with zero attached hydrogens (tertiary/aromatic N) is 1. The molecule has 4 nitrogen and oxygen atoms in total. The largest absolute Gasteiger partial charge is 0.396 e. The highest BCUT2D eigenvalue weighted by Gasteiger charge is 1.94. The lowest BCUT2D eigenvalue weighted by Gasteiger charge is -2.01. The molecule has 0 atom stereocenters. The summed E-state index contributed by atoms with van der Waals surface area (Å²) >= 11 is 0. The molecule has 0 aliphatic rings. The number of carbonyl (C=O) groups excluding carboxylic acids is 1. The van der Waals surface area contributed by atoms with E-state index in [2.05, 4.69) is 10.5 Å². The molecule has 1 aromatic rings. The molecular weight excluding hydrogens is 192 g/mol. The van der Waals surface area contributed by atoms with Gasteiger partial charge in [-0.05, 0) is 24.6 Å². The quantitative estimate of drug-likeness (QED) is 0.605. The molecule has 0 unspecified atom stereocenters. The third-order valence-electron chi connectivity index (χ3n) is 1.64. The van der Waals surface area contributed by atoms with E-state index in [9.17, 15) is 4.79 Å². The van der Waals surface area contributed by atoms with Crippen LogP contribution in [-0.4, -0.2) is 18.7 Å². The molecule has 1 amide bonds. The minimum atomic E-state index is -0.0780. The van der Waals surface area contributed by atoms with E-state index in [1.165, 1.54) is 6.92 Å². The number of nitrogens with one attached hydrogen (secondary N) is 1. The fraction of sp³-hybridized carbons (Fsp3) is 0.273. The summed E-state index contributed by atoms with van der Waals surface area (Å²) in [5.74, 6) is -0.0780. The van der Waals surface area contributed by atoms with E-state index in [0.717, 1.165) is 11.3 Å². The van der Waals surface area contributed by atoms with Gasteiger partial charge in [-0.25, -0.2) is 0 Å². The van der Waals surface area contributed by atoms with Crippen molar-refractivity contribution in [2.24, 2.45) is 5.16 Å². The van der Waals surface area contributed by atoms with Gasteiger partial charge in [0.2, 0.25) is 5.91 Å². The second-order valence-electron chi connectivity index (χ2n) is 2.96. The first-order valence-electron chi connectivity index (χ1n) is 4.75. The van der Waals surface area contributed by atoms with Gasteiger partial charge in [0.15, 0.2) is 0 Å². The van der Waals surface area contributed by atoms with Gasteiger partial charge in [-0.15, -0.1) is 0 Å². The lowest BCUT2D eigenvalue weighted by atomic mass is 10.2. The van der Waals surface area contributed by atoms with Crippen LogP contribution in [0.4, 0.5) is 5.69 Å². The van der Waals surface area contributed by atoms with Crippen molar-refractivity contribution in [3.8, 4) is 0 Å². The molecule has 15 heavy (non-hydrogen) atoms. The summed E-state index contributed by atoms with van der Waals surface area (Å²) in [6, 6.07) is 7.34. The molecule has 1 rings (SSSR count). The van der Waals surface area contributed by atoms with E-state index in [0.29, 0.717) is 6.61 Å². The van der Waals surface area contributed by atoms with E-state index < -0.39 is 0 Å². The van der Waals surface area contributed by atoms with Crippen molar-refractivity contribution < 1.29 is 9.63 Å². The molecule has 0 bridgehead atoms. The molecule has 80 valence electrons. The minimum Gasteiger partial charge on any atom is -0.396 e. The monoisotopic (exact) mass is 206 g/mol. The van der Waals surface area contributed by atoms with Crippen LogP contribution in [0.25, 0.3) is 0 Å². The first-order chi connectivity index (χ1) is 7.22. The van der Waals surface area contributed by atoms with Crippen molar-refractivity contribution in [2.45, 2.75) is 13.8 Å². The van der Waals surface area contributed by atoms with Crippen molar-refractivity contribution in [2.75, 3.05) is 11.9 Å². The summed E-state index contributed by atoms with van der Waals surface area (Å²) in [5.41, 5.74) is 1.70. The number of amides is 1. The van der Waals surface area contributed by atoms with Crippen LogP contribution < -0.4 is 5.32 Å². The zero-order chi connectivity index (χ0) is 11.1. The van der Waals surface area contributed by atoms with E-state index in [4.69, 9.17) is 4.84 Å². The third-order valence-corrected chi connectivity index (χ3v) is 1.64. The number of rotatable bonds is 4. The predicted octanol–water partition coefficient (Wildman–Crippen LogP) is 2.02. The highest BCUT2D eigenvalue weighted by molar-refractivity contribution is 5.89. The van der Waals surface area contributed by atoms with Crippen molar-refractivity contribution >= 4 is 17.8 Å². The van der Waals surface area contributed by atoms with E-state index in [-0.39, 0.29) is 5.91 Å². The average Bonchev–Trinajstić information content (AvgIpc) is 2.20. The first-order valence-corrected chi connectivity index (χ1v) is 4.75. The summed E-state index contributed by atoms with van der Waals surface area (Å²) < 4.78 is 0. The van der Waals surface area contributed by atoms with Crippen LogP contribution in [-0.2, 0) is 9.63 Å². The zero-order valence-corrected chi connectivity index (χ0v) is 8.86. The standard InChI is InChI=1S/C11H14N2O2/c1-3-15-12-8-10-4-6-11(7-5-10)13-9(2)14/h4-8H,3H2,1-2H3,(H,13,14). The zero-order valence-electron chi connectivity index (χ0n) is 8.86. The van der Waals surface area contributed by atoms with Gasteiger partial charge in [-0.1, -0.05) is 17.3 Å². The molecule has 0 saturated carbocycles. The van der Waals surface area contributed by atoms with Gasteiger partial charge < -0.3 is 10.2 Å². The summed E-state index contributed by atoms with van der Waals surface area (Å²) in [6.07, 6.45) is 1.63. The summed E-state index contributed by atoms with van der Waals surface area (Å²) in [4.78, 5) is 15.6. The molecule has 0 fully saturated rings. The maximum absolute atomic E-state index is 10.8. The number of carbonyl (C=O) groups is 1. The van der Waals surface area contributed by atoms with E-state index >= 15 is 0 Å². The number of oxime groups is 1. The maximum atomic E-state index is 10.8. The molecule has 0 spiro atoms. The Morgan fingerprint density at radius 1 is 1.47 bits per heavy atom. The SMILES string of the molecule is CCON=Cc1ccc(NC(C)=O)cc1. The predicted molar refractivity (Wildman–Crippen MR) is 60.0 cm³/mol. The fourth-order valence-corrected chi connectivity index (χ4v) is 1.03. The Kier molecular flexibility index (Phi) is 4.34. The molecule has 0 aromatic heterocycles. The highest BCUT2D eigenvalue weighted by atomic mass is 16.6. The Morgan fingerprint density at radius 2 is 2.13 bits per heavy atom. The summed E-state index contributed by atoms with van der Waals surface area (Å²) in [7, 11) is 0. The normalized spacial score (nSPS) is 10.3. The first kappa shape index (κ1) is 11.2. The molecular formula is C11H14N2O2. The smallest absolute Gasteiger partial charge is 0.221 e. The lowest BCUT2D eigenvalue weighted by Crippen LogP contribution is -2.05. The molecule has 1 aromatic carbocycles. The van der Waals surface area contributed by atoms with Crippen LogP contribution in [0.3, 0.4) is 0 Å². The fourth-order valence-electron chi connectivity index (χ4n) is 1.03. The maximum Gasteiger partial charge on any atom is 0.221 e. The average molecular weight is 206 g/mol. The molecule has 0 radical (unpaired) electrons. The van der Waals surface area contributed by atoms with Crippen LogP contribution in [0.5, 0.6) is 0 Å². The van der Waals surface area contributed by atoms with Crippen molar-refractivity contribution in [3.05, 3.63) is 29.8 Å². The molecule has 0 aliphatic carbocycles. The third kappa shape index (κ3) is 4.26. The Hall–Kier alpha value is -1.84. The van der Waals surface area contributed by atoms with Gasteiger partial charge in [0.1, 0.15) is 6.61 Å². The molecule has 1 N–H and O–H groups in total. The number of benzene rings is 1. The van der Waals surface area contributed by atoms with Crippen LogP contribution >= 0.6 is 0 Å². The van der Waals surface area contributed by atoms with Crippen LogP contribution in [0.1, 0.15) is 19.4 Å². The molecule has 0 heterocycles. The summed E-state index contributed by atoms with van der Waals surface area (Å²) in [5, 5.41) is 6.42. The van der Waals surface area contributed by atoms with Crippen molar-refractivity contribution in [1.29, 1.82) is 0 Å². The molecule has 0 aliphatic heterocycles. The number of hydrogen-bond acceptors (Lipinski definition) is 3. The number of anilines is 1. The Bertz CT molecular complexity index is 344. The van der Waals surface area contributed by atoms with Gasteiger partial charge in [0, 0.05) is 12.6 Å². The van der Waals surface area contributed by atoms with E-state index in [1.807, 2.05) is 31.2 Å². The second kappa shape index (κ2) is 5.80. The highest BCUT2D eigenvalue weighted by Crippen LogP contribution is 2.07. The van der Waals surface area contributed by atoms with Crippen molar-refractivity contribution in [3.63, 3.8) is 0 Å². The Balaban J connectivity index is 2.60. The van der Waals surface area contributed by atoms with Crippen LogP contribution in [0, 0.1) is 0 Å². The molecule has 0 saturated heterocycles. The Labute approximate surface area is 88.9 Å². The number of hydrogen-bond donors (Lipinski definition) is 1. The van der Waals surface area contributed by atoms with Crippen LogP contribution in [0.15, 0.2) is 29.4 Å². The topological polar surface area (TPSA) is 50.7 Å². The summed E-state index contributed by atoms with van der Waals surface area (Å²) in [6.45, 7) is 3.90.